The van der Waals surface area contributed by atoms with Gasteiger partial charge in [0.05, 0.1) is 11.1 Å². The molecule has 0 heterocycles. The Hall–Kier alpha value is -3.60. The van der Waals surface area contributed by atoms with Crippen molar-refractivity contribution < 1.29 is 24.5 Å². The van der Waals surface area contributed by atoms with Gasteiger partial charge in [0.1, 0.15) is 11.5 Å². The minimum absolute atomic E-state index is 0.143. The number of hydrogen-bond acceptors (Lipinski definition) is 4. The van der Waals surface area contributed by atoms with Gasteiger partial charge in [0.15, 0.2) is 0 Å². The lowest BCUT2D eigenvalue weighted by Gasteiger charge is -2.34. The van der Waals surface area contributed by atoms with E-state index in [1.807, 2.05) is 65.8 Å². The van der Waals surface area contributed by atoms with Gasteiger partial charge in [-0.15, -0.1) is 0 Å². The summed E-state index contributed by atoms with van der Waals surface area (Å²) in [5.41, 5.74) is 3.98. The minimum Gasteiger partial charge on any atom is -0.507 e. The summed E-state index contributed by atoms with van der Waals surface area (Å²) in [7, 11) is 0. The molecule has 208 valence electrons. The fourth-order valence-corrected chi connectivity index (χ4v) is 5.07. The number of esters is 1. The molecule has 0 aliphatic heterocycles. The summed E-state index contributed by atoms with van der Waals surface area (Å²) in [5, 5.41) is 20.7. The SMILES string of the molecule is Cc1cc(C(=O)Oc2c(C(C)(C)C)cc(C(=O)O)c(-c3ccccc3C(C)(C)C)c2C(C)(C)C)cc(C)c1O. The van der Waals surface area contributed by atoms with E-state index in [4.69, 9.17) is 4.74 Å². The van der Waals surface area contributed by atoms with Crippen molar-refractivity contribution in [3.05, 3.63) is 81.4 Å². The van der Waals surface area contributed by atoms with Crippen LogP contribution in [0.1, 0.15) is 111 Å². The molecule has 0 atom stereocenters. The fraction of sp³-hybridized carbons (Fsp3) is 0.412. The third kappa shape index (κ3) is 6.03. The van der Waals surface area contributed by atoms with Crippen LogP contribution in [-0.4, -0.2) is 22.2 Å². The number of carboxylic acids is 1. The van der Waals surface area contributed by atoms with E-state index in [0.717, 1.165) is 11.1 Å². The largest absolute Gasteiger partial charge is 0.507 e. The molecule has 3 aromatic rings. The normalized spacial score (nSPS) is 12.4. The van der Waals surface area contributed by atoms with Gasteiger partial charge in [-0.25, -0.2) is 9.59 Å². The maximum Gasteiger partial charge on any atom is 0.343 e. The molecule has 0 radical (unpaired) electrons. The van der Waals surface area contributed by atoms with Crippen molar-refractivity contribution in [1.82, 2.24) is 0 Å². The van der Waals surface area contributed by atoms with Gasteiger partial charge in [-0.3, -0.25) is 0 Å². The minimum atomic E-state index is -1.03. The average Bonchev–Trinajstić information content (AvgIpc) is 2.79. The Morgan fingerprint density at radius 1 is 0.744 bits per heavy atom. The van der Waals surface area contributed by atoms with Gasteiger partial charge >= 0.3 is 11.9 Å². The van der Waals surface area contributed by atoms with E-state index in [-0.39, 0.29) is 16.7 Å². The number of aromatic hydroxyl groups is 1. The van der Waals surface area contributed by atoms with E-state index in [0.29, 0.717) is 39.1 Å². The lowest BCUT2D eigenvalue weighted by Crippen LogP contribution is -2.25. The molecule has 2 N–H and O–H groups in total. The molecule has 0 bridgehead atoms. The topological polar surface area (TPSA) is 83.8 Å². The number of carbonyl (C=O) groups is 2. The number of carboxylic acid groups (broad SMARTS) is 1. The number of phenols is 1. The first-order chi connectivity index (χ1) is 17.7. The van der Waals surface area contributed by atoms with Crippen LogP contribution in [0, 0.1) is 13.8 Å². The molecule has 0 unspecified atom stereocenters. The number of benzene rings is 3. The van der Waals surface area contributed by atoms with Crippen LogP contribution < -0.4 is 4.74 Å². The predicted octanol–water partition coefficient (Wildman–Crippen LogP) is 8.49. The first-order valence-corrected chi connectivity index (χ1v) is 13.3. The molecule has 5 nitrogen and oxygen atoms in total. The molecule has 0 spiro atoms. The standard InChI is InChI=1S/C34H42O5/c1-19-16-21(17-20(2)28(19)35)31(38)39-29-25(33(6,7)8)18-23(30(36)37)26(27(29)34(9,10)11)22-14-12-13-15-24(22)32(3,4)5/h12-18,35H,1-11H3,(H,36,37). The zero-order chi connectivity index (χ0) is 29.7. The molecular formula is C34H42O5. The third-order valence-electron chi connectivity index (χ3n) is 6.99. The molecule has 0 aromatic heterocycles. The van der Waals surface area contributed by atoms with Crippen LogP contribution in [0.4, 0.5) is 0 Å². The van der Waals surface area contributed by atoms with Gasteiger partial charge < -0.3 is 14.9 Å². The second-order valence-electron chi connectivity index (χ2n) is 13.5. The van der Waals surface area contributed by atoms with E-state index in [1.165, 1.54) is 0 Å². The molecule has 0 fully saturated rings. The van der Waals surface area contributed by atoms with Gasteiger partial charge in [0, 0.05) is 16.7 Å². The second kappa shape index (κ2) is 10.2. The third-order valence-corrected chi connectivity index (χ3v) is 6.99. The van der Waals surface area contributed by atoms with Crippen molar-refractivity contribution in [2.75, 3.05) is 0 Å². The molecule has 39 heavy (non-hydrogen) atoms. The van der Waals surface area contributed by atoms with Crippen LogP contribution in [0.5, 0.6) is 11.5 Å². The molecule has 3 rings (SSSR count). The second-order valence-corrected chi connectivity index (χ2v) is 13.5. The van der Waals surface area contributed by atoms with E-state index < -0.39 is 22.8 Å². The number of aromatic carboxylic acids is 1. The van der Waals surface area contributed by atoms with Gasteiger partial charge in [-0.1, -0.05) is 86.6 Å². The Kier molecular flexibility index (Phi) is 7.82. The number of ether oxygens (including phenoxy) is 1. The fourth-order valence-electron chi connectivity index (χ4n) is 5.07. The van der Waals surface area contributed by atoms with Gasteiger partial charge in [-0.2, -0.15) is 0 Å². The van der Waals surface area contributed by atoms with Gasteiger partial charge in [-0.05, 0) is 70.5 Å². The Labute approximate surface area is 232 Å². The lowest BCUT2D eigenvalue weighted by molar-refractivity contribution is 0.0697. The lowest BCUT2D eigenvalue weighted by atomic mass is 9.72. The molecule has 5 heteroatoms. The monoisotopic (exact) mass is 530 g/mol. The number of rotatable bonds is 4. The Morgan fingerprint density at radius 3 is 1.72 bits per heavy atom. The van der Waals surface area contributed by atoms with Crippen molar-refractivity contribution in [2.45, 2.75) is 92.4 Å². The van der Waals surface area contributed by atoms with Gasteiger partial charge in [0.25, 0.3) is 0 Å². The molecule has 0 amide bonds. The summed E-state index contributed by atoms with van der Waals surface area (Å²) < 4.78 is 6.27. The van der Waals surface area contributed by atoms with Crippen LogP contribution in [0.3, 0.4) is 0 Å². The highest BCUT2D eigenvalue weighted by Crippen LogP contribution is 2.49. The van der Waals surface area contributed by atoms with Crippen LogP contribution in [0.15, 0.2) is 42.5 Å². The van der Waals surface area contributed by atoms with Crippen LogP contribution in [0.25, 0.3) is 11.1 Å². The Balaban J connectivity index is 2.50. The average molecular weight is 531 g/mol. The van der Waals surface area contributed by atoms with E-state index in [1.54, 1.807) is 32.0 Å². The summed E-state index contributed by atoms with van der Waals surface area (Å²) in [6.07, 6.45) is 0. The van der Waals surface area contributed by atoms with E-state index in [9.17, 15) is 19.8 Å². The molecule has 3 aromatic carbocycles. The maximum absolute atomic E-state index is 13.7. The molecule has 0 saturated carbocycles. The molecule has 0 aliphatic rings. The highest BCUT2D eigenvalue weighted by molar-refractivity contribution is 6.00. The van der Waals surface area contributed by atoms with E-state index >= 15 is 0 Å². The summed E-state index contributed by atoms with van der Waals surface area (Å²) in [6, 6.07) is 12.7. The summed E-state index contributed by atoms with van der Waals surface area (Å²) in [4.78, 5) is 26.5. The summed E-state index contributed by atoms with van der Waals surface area (Å²) in [5.74, 6) is -1.07. The number of carbonyl (C=O) groups excluding carboxylic acids is 1. The van der Waals surface area contributed by atoms with Crippen LogP contribution in [0.2, 0.25) is 0 Å². The van der Waals surface area contributed by atoms with Crippen molar-refractivity contribution >= 4 is 11.9 Å². The quantitative estimate of drug-likeness (QED) is 0.261. The first kappa shape index (κ1) is 29.9. The summed E-state index contributed by atoms with van der Waals surface area (Å²) >= 11 is 0. The van der Waals surface area contributed by atoms with Crippen LogP contribution >= 0.6 is 0 Å². The zero-order valence-corrected chi connectivity index (χ0v) is 25.2. The molecule has 0 aliphatic carbocycles. The van der Waals surface area contributed by atoms with Crippen molar-refractivity contribution in [3.63, 3.8) is 0 Å². The molecule has 0 saturated heterocycles. The van der Waals surface area contributed by atoms with Crippen LogP contribution in [-0.2, 0) is 16.2 Å². The van der Waals surface area contributed by atoms with Crippen molar-refractivity contribution in [3.8, 4) is 22.6 Å². The maximum atomic E-state index is 13.7. The Bertz CT molecular complexity index is 1420. The highest BCUT2D eigenvalue weighted by Gasteiger charge is 2.36. The van der Waals surface area contributed by atoms with E-state index in [2.05, 4.69) is 20.8 Å². The Morgan fingerprint density at radius 2 is 1.26 bits per heavy atom. The number of hydrogen-bond donors (Lipinski definition) is 2. The zero-order valence-electron chi connectivity index (χ0n) is 25.2. The smallest absolute Gasteiger partial charge is 0.343 e. The van der Waals surface area contributed by atoms with Crippen molar-refractivity contribution in [1.29, 1.82) is 0 Å². The molecular weight excluding hydrogens is 488 g/mol. The van der Waals surface area contributed by atoms with Crippen molar-refractivity contribution in [2.24, 2.45) is 0 Å². The first-order valence-electron chi connectivity index (χ1n) is 13.3. The predicted molar refractivity (Wildman–Crippen MR) is 157 cm³/mol. The summed E-state index contributed by atoms with van der Waals surface area (Å²) in [6.45, 7) is 21.8. The number of phenolic OH excluding ortho intramolecular Hbond substituents is 1. The number of aryl methyl sites for hydroxylation is 2. The highest BCUT2D eigenvalue weighted by atomic mass is 16.5. The van der Waals surface area contributed by atoms with Gasteiger partial charge in [0.2, 0.25) is 0 Å².